The van der Waals surface area contributed by atoms with Crippen LogP contribution in [0, 0.1) is 6.92 Å². The van der Waals surface area contributed by atoms with E-state index < -0.39 is 0 Å². The van der Waals surface area contributed by atoms with Crippen molar-refractivity contribution in [3.05, 3.63) is 11.9 Å². The number of rotatable bonds is 1. The van der Waals surface area contributed by atoms with Gasteiger partial charge in [0.15, 0.2) is 0 Å². The molecule has 6 nitrogen and oxygen atoms in total. The van der Waals surface area contributed by atoms with E-state index >= 15 is 0 Å². The maximum absolute atomic E-state index is 4.10. The largest absolute Gasteiger partial charge is 0.272 e. The summed E-state index contributed by atoms with van der Waals surface area (Å²) in [5.74, 6) is 0.619. The van der Waals surface area contributed by atoms with Crippen molar-refractivity contribution in [3.8, 4) is 11.4 Å². The number of hydrogen-bond acceptors (Lipinski definition) is 4. The zero-order valence-corrected chi connectivity index (χ0v) is 9.76. The van der Waals surface area contributed by atoms with E-state index in [9.17, 15) is 0 Å². The Morgan fingerprint density at radius 2 is 1.87 bits per heavy atom. The highest BCUT2D eigenvalue weighted by atomic mass is 15.6. The summed E-state index contributed by atoms with van der Waals surface area (Å²) in [6.07, 6.45) is 1.74. The Kier molecular flexibility index (Phi) is 3.54. The van der Waals surface area contributed by atoms with Gasteiger partial charge in [0.1, 0.15) is 0 Å². The van der Waals surface area contributed by atoms with Crippen LogP contribution >= 0.6 is 0 Å². The van der Waals surface area contributed by atoms with Gasteiger partial charge < -0.3 is 0 Å². The van der Waals surface area contributed by atoms with Crippen LogP contribution in [-0.4, -0.2) is 30.0 Å². The van der Waals surface area contributed by atoms with Crippen LogP contribution in [0.5, 0.6) is 0 Å². The molecule has 0 bridgehead atoms. The second-order valence-electron chi connectivity index (χ2n) is 2.87. The molecule has 2 aromatic heterocycles. The minimum absolute atomic E-state index is 0.619. The lowest BCUT2D eigenvalue weighted by Crippen LogP contribution is -1.94. The number of nitrogens with zero attached hydrogens (tertiary/aromatic N) is 6. The van der Waals surface area contributed by atoms with Crippen molar-refractivity contribution in [1.29, 1.82) is 0 Å². The molecule has 2 heterocycles. The average Bonchev–Trinajstić information content (AvgIpc) is 2.79. The zero-order chi connectivity index (χ0) is 11.4. The van der Waals surface area contributed by atoms with E-state index in [-0.39, 0.29) is 0 Å². The molecule has 2 rings (SSSR count). The second-order valence-corrected chi connectivity index (χ2v) is 2.87. The Bertz CT molecular complexity index is 427. The Hall–Kier alpha value is -1.72. The van der Waals surface area contributed by atoms with E-state index in [2.05, 4.69) is 20.5 Å². The SMILES string of the molecule is CC.Cc1c(-c2nnn(C)n2)cnn1C. The van der Waals surface area contributed by atoms with Gasteiger partial charge in [0.2, 0.25) is 5.82 Å². The molecule has 6 heteroatoms. The fourth-order valence-electron chi connectivity index (χ4n) is 1.11. The maximum Gasteiger partial charge on any atom is 0.208 e. The van der Waals surface area contributed by atoms with Crippen molar-refractivity contribution in [1.82, 2.24) is 30.0 Å². The molecule has 15 heavy (non-hydrogen) atoms. The van der Waals surface area contributed by atoms with Crippen LogP contribution < -0.4 is 0 Å². The second kappa shape index (κ2) is 4.68. The molecule has 0 atom stereocenters. The minimum atomic E-state index is 0.619. The Morgan fingerprint density at radius 3 is 2.27 bits per heavy atom. The van der Waals surface area contributed by atoms with Gasteiger partial charge in [-0.25, -0.2) is 0 Å². The molecule has 0 aromatic carbocycles. The minimum Gasteiger partial charge on any atom is -0.272 e. The maximum atomic E-state index is 4.10. The number of aromatic nitrogens is 6. The monoisotopic (exact) mass is 208 g/mol. The predicted octanol–water partition coefficient (Wildman–Crippen LogP) is 0.945. The van der Waals surface area contributed by atoms with Crippen molar-refractivity contribution in [2.24, 2.45) is 14.1 Å². The first-order valence-electron chi connectivity index (χ1n) is 4.91. The summed E-state index contributed by atoms with van der Waals surface area (Å²) in [6.45, 7) is 5.97. The summed E-state index contributed by atoms with van der Waals surface area (Å²) in [7, 11) is 3.62. The highest BCUT2D eigenvalue weighted by Crippen LogP contribution is 2.16. The van der Waals surface area contributed by atoms with E-state index in [1.54, 1.807) is 17.9 Å². The van der Waals surface area contributed by atoms with Gasteiger partial charge in [0.25, 0.3) is 0 Å². The predicted molar refractivity (Wildman–Crippen MR) is 57.1 cm³/mol. The van der Waals surface area contributed by atoms with E-state index in [1.807, 2.05) is 27.8 Å². The smallest absolute Gasteiger partial charge is 0.208 e. The van der Waals surface area contributed by atoms with Crippen molar-refractivity contribution >= 4 is 0 Å². The number of tetrazole rings is 1. The lowest BCUT2D eigenvalue weighted by atomic mass is 10.2. The quantitative estimate of drug-likeness (QED) is 0.700. The lowest BCUT2D eigenvalue weighted by Gasteiger charge is -1.93. The van der Waals surface area contributed by atoms with Crippen molar-refractivity contribution in [2.45, 2.75) is 20.8 Å². The van der Waals surface area contributed by atoms with E-state index in [0.29, 0.717) is 5.82 Å². The zero-order valence-electron chi connectivity index (χ0n) is 9.76. The molecular weight excluding hydrogens is 192 g/mol. The van der Waals surface area contributed by atoms with Gasteiger partial charge in [-0.05, 0) is 12.1 Å². The molecule has 0 saturated carbocycles. The third-order valence-corrected chi connectivity index (χ3v) is 1.98. The molecule has 0 spiro atoms. The fraction of sp³-hybridized carbons (Fsp3) is 0.556. The molecular formula is C9H16N6. The molecule has 0 aliphatic carbocycles. The molecule has 0 radical (unpaired) electrons. The Morgan fingerprint density at radius 1 is 1.20 bits per heavy atom. The van der Waals surface area contributed by atoms with Gasteiger partial charge in [0, 0.05) is 12.7 Å². The molecule has 0 aliphatic rings. The van der Waals surface area contributed by atoms with E-state index in [1.165, 1.54) is 4.80 Å². The van der Waals surface area contributed by atoms with Gasteiger partial charge in [-0.2, -0.15) is 9.90 Å². The Balaban J connectivity index is 0.000000531. The van der Waals surface area contributed by atoms with E-state index in [4.69, 9.17) is 0 Å². The van der Waals surface area contributed by atoms with Crippen LogP contribution in [0.25, 0.3) is 11.4 Å². The van der Waals surface area contributed by atoms with Crippen LogP contribution in [-0.2, 0) is 14.1 Å². The summed E-state index contributed by atoms with van der Waals surface area (Å²) in [5, 5.41) is 15.9. The molecule has 2 aromatic rings. The fourth-order valence-corrected chi connectivity index (χ4v) is 1.11. The number of aryl methyl sites for hydroxylation is 2. The van der Waals surface area contributed by atoms with Gasteiger partial charge in [-0.15, -0.1) is 10.2 Å². The molecule has 82 valence electrons. The summed E-state index contributed by atoms with van der Waals surface area (Å²) in [6, 6.07) is 0. The molecule has 0 N–H and O–H groups in total. The van der Waals surface area contributed by atoms with Crippen LogP contribution in [0.1, 0.15) is 19.5 Å². The topological polar surface area (TPSA) is 61.4 Å². The third kappa shape index (κ3) is 2.20. The van der Waals surface area contributed by atoms with Crippen LogP contribution in [0.4, 0.5) is 0 Å². The van der Waals surface area contributed by atoms with Gasteiger partial charge >= 0.3 is 0 Å². The molecule has 0 unspecified atom stereocenters. The first kappa shape index (κ1) is 11.4. The molecule has 0 aliphatic heterocycles. The van der Waals surface area contributed by atoms with Crippen molar-refractivity contribution in [2.75, 3.05) is 0 Å². The molecule has 0 amide bonds. The normalized spacial score (nSPS) is 9.67. The average molecular weight is 208 g/mol. The van der Waals surface area contributed by atoms with Gasteiger partial charge in [-0.3, -0.25) is 4.68 Å². The standard InChI is InChI=1S/C7H10N6.C2H6/c1-5-6(4-8-12(5)2)7-9-11-13(3)10-7;1-2/h4H,1-3H3;1-2H3. The first-order valence-corrected chi connectivity index (χ1v) is 4.91. The lowest BCUT2D eigenvalue weighted by molar-refractivity contribution is 0.630. The molecule has 0 saturated heterocycles. The van der Waals surface area contributed by atoms with Crippen LogP contribution in [0.2, 0.25) is 0 Å². The van der Waals surface area contributed by atoms with Crippen molar-refractivity contribution in [3.63, 3.8) is 0 Å². The van der Waals surface area contributed by atoms with Gasteiger partial charge in [-0.1, -0.05) is 13.8 Å². The summed E-state index contributed by atoms with van der Waals surface area (Å²) < 4.78 is 1.78. The highest BCUT2D eigenvalue weighted by Gasteiger charge is 2.10. The highest BCUT2D eigenvalue weighted by molar-refractivity contribution is 5.55. The van der Waals surface area contributed by atoms with Crippen LogP contribution in [0.3, 0.4) is 0 Å². The first-order chi connectivity index (χ1) is 7.18. The van der Waals surface area contributed by atoms with Gasteiger partial charge in [0.05, 0.1) is 18.8 Å². The summed E-state index contributed by atoms with van der Waals surface area (Å²) >= 11 is 0. The summed E-state index contributed by atoms with van der Waals surface area (Å²) in [4.78, 5) is 1.43. The van der Waals surface area contributed by atoms with Crippen LogP contribution in [0.15, 0.2) is 6.20 Å². The van der Waals surface area contributed by atoms with E-state index in [0.717, 1.165) is 11.3 Å². The number of hydrogen-bond donors (Lipinski definition) is 0. The third-order valence-electron chi connectivity index (χ3n) is 1.98. The van der Waals surface area contributed by atoms with Crippen molar-refractivity contribution < 1.29 is 0 Å². The summed E-state index contributed by atoms with van der Waals surface area (Å²) in [5.41, 5.74) is 1.96. The Labute approximate surface area is 88.9 Å². The molecule has 0 fully saturated rings.